The Hall–Kier alpha value is -1.19. The highest BCUT2D eigenvalue weighted by atomic mass is 28.4. The van der Waals surface area contributed by atoms with Gasteiger partial charge >= 0.3 is 5.97 Å². The third-order valence-electron chi connectivity index (χ3n) is 12.6. The molecule has 0 N–H and O–H groups in total. The maximum absolute atomic E-state index is 11.4. The van der Waals surface area contributed by atoms with E-state index < -0.39 is 8.32 Å². The number of carbonyl (C=O) groups is 1. The molecule has 5 aliphatic rings. The number of hydrogen-bond acceptors (Lipinski definition) is 7. The fourth-order valence-electron chi connectivity index (χ4n) is 8.60. The van der Waals surface area contributed by atoms with Crippen molar-refractivity contribution in [2.24, 2.45) is 29.6 Å². The fourth-order valence-corrected chi connectivity index (χ4v) is 9.65. The Kier molecular flexibility index (Phi) is 14.8. The van der Waals surface area contributed by atoms with Gasteiger partial charge in [-0.3, -0.25) is 4.79 Å². The van der Waals surface area contributed by atoms with Crippen LogP contribution in [0.25, 0.3) is 0 Å². The lowest BCUT2D eigenvalue weighted by molar-refractivity contribution is -0.201. The maximum atomic E-state index is 11.4. The first-order chi connectivity index (χ1) is 23.5. The largest absolute Gasteiger partial charge is 0.469 e. The summed E-state index contributed by atoms with van der Waals surface area (Å²) < 4.78 is 38.4. The molecule has 0 aromatic rings. The van der Waals surface area contributed by atoms with Gasteiger partial charge in [-0.25, -0.2) is 0 Å². The van der Waals surface area contributed by atoms with E-state index >= 15 is 0 Å². The number of carbonyl (C=O) groups excluding carboxylic acids is 1. The Bertz CT molecular complexity index is 1080. The van der Waals surface area contributed by atoms with Crippen molar-refractivity contribution in [3.8, 4) is 0 Å². The highest BCUT2D eigenvalue weighted by Gasteiger charge is 2.50. The molecule has 0 aromatic carbocycles. The SMILES string of the molecule is CC(=O)OCCCCC(CO[Si](C)(C)C(C)(C)C)C1=CC2C[C@H](OC3CCCCO3)[C@@H](C(=CCC3CCCCC3)OC3CCCCO3)C2C1. The smallest absolute Gasteiger partial charge is 0.302 e. The first kappa shape index (κ1) is 39.0. The van der Waals surface area contributed by atoms with Gasteiger partial charge in [-0.1, -0.05) is 64.5 Å². The van der Waals surface area contributed by atoms with Gasteiger partial charge in [0.25, 0.3) is 0 Å². The first-order valence-corrected chi connectivity index (χ1v) is 23.1. The van der Waals surface area contributed by atoms with Crippen LogP contribution in [0.2, 0.25) is 18.1 Å². The van der Waals surface area contributed by atoms with Gasteiger partial charge in [-0.15, -0.1) is 0 Å². The number of ether oxygens (including phenoxy) is 5. The van der Waals surface area contributed by atoms with Gasteiger partial charge in [0, 0.05) is 38.4 Å². The van der Waals surface area contributed by atoms with Crippen LogP contribution in [-0.4, -0.2) is 59.4 Å². The van der Waals surface area contributed by atoms with Crippen molar-refractivity contribution in [1.82, 2.24) is 0 Å². The number of unbranched alkanes of at least 4 members (excludes halogenated alkanes) is 1. The highest BCUT2D eigenvalue weighted by Crippen LogP contribution is 2.53. The summed E-state index contributed by atoms with van der Waals surface area (Å²) in [5, 5.41) is 0.168. The van der Waals surface area contributed by atoms with E-state index in [1.54, 1.807) is 5.57 Å². The van der Waals surface area contributed by atoms with Crippen LogP contribution in [0, 0.1) is 29.6 Å². The lowest BCUT2D eigenvalue weighted by Gasteiger charge is -2.38. The van der Waals surface area contributed by atoms with E-state index in [0.29, 0.717) is 24.4 Å². The van der Waals surface area contributed by atoms with Gasteiger partial charge in [-0.05, 0) is 113 Å². The first-order valence-electron chi connectivity index (χ1n) is 20.2. The molecule has 0 aromatic heterocycles. The van der Waals surface area contributed by atoms with Crippen LogP contribution >= 0.6 is 0 Å². The lowest BCUT2D eigenvalue weighted by atomic mass is 9.83. The minimum Gasteiger partial charge on any atom is -0.469 e. The van der Waals surface area contributed by atoms with Gasteiger partial charge in [0.1, 0.15) is 5.76 Å². The average molecular weight is 703 g/mol. The second-order valence-corrected chi connectivity index (χ2v) is 22.2. The van der Waals surface area contributed by atoms with Gasteiger partial charge < -0.3 is 28.1 Å². The molecule has 4 fully saturated rings. The summed E-state index contributed by atoms with van der Waals surface area (Å²) in [5.41, 5.74) is 1.55. The van der Waals surface area contributed by atoms with E-state index in [1.807, 2.05) is 0 Å². The molecule has 280 valence electrons. The Balaban J connectivity index is 1.37. The Morgan fingerprint density at radius 2 is 1.65 bits per heavy atom. The van der Waals surface area contributed by atoms with Gasteiger partial charge in [0.15, 0.2) is 20.9 Å². The monoisotopic (exact) mass is 702 g/mol. The van der Waals surface area contributed by atoms with E-state index in [9.17, 15) is 4.79 Å². The summed E-state index contributed by atoms with van der Waals surface area (Å²) >= 11 is 0. The van der Waals surface area contributed by atoms with Crippen LogP contribution in [0.15, 0.2) is 23.5 Å². The summed E-state index contributed by atoms with van der Waals surface area (Å²) in [5.74, 6) is 3.16. The average Bonchev–Trinajstić information content (AvgIpc) is 3.62. The molecule has 8 heteroatoms. The minimum absolute atomic E-state index is 0.0859. The molecule has 2 heterocycles. The van der Waals surface area contributed by atoms with Crippen molar-refractivity contribution >= 4 is 14.3 Å². The summed E-state index contributed by atoms with van der Waals surface area (Å²) in [4.78, 5) is 11.4. The standard InChI is InChI=1S/C41H70O7Si/c1-30(42)43-23-13-10-18-32(29-46-49(5,6)41(2,3)4)33-26-34-28-37(48-39-20-12-15-25-45-39)40(35(34)27-33)36(47-38-19-11-14-24-44-38)22-21-31-16-8-7-9-17-31/h22,26,31-32,34-35,37-40H,7-21,23-25,27-29H2,1-6H3/t32?,34?,35?,37-,38?,39?,40+/m0/s1. The molecular weight excluding hydrogens is 633 g/mol. The summed E-state index contributed by atoms with van der Waals surface area (Å²) in [6.07, 6.45) is 24.3. The third kappa shape index (κ3) is 11.4. The van der Waals surface area contributed by atoms with Crippen molar-refractivity contribution in [1.29, 1.82) is 0 Å². The topological polar surface area (TPSA) is 72.5 Å². The quantitative estimate of drug-likeness (QED) is 0.0521. The molecule has 0 radical (unpaired) electrons. The van der Waals surface area contributed by atoms with Crippen LogP contribution in [0.1, 0.15) is 137 Å². The zero-order chi connectivity index (χ0) is 34.9. The number of allylic oxidation sites excluding steroid dienone is 2. The molecule has 0 bridgehead atoms. The molecule has 5 unspecified atom stereocenters. The van der Waals surface area contributed by atoms with Crippen LogP contribution in [0.5, 0.6) is 0 Å². The third-order valence-corrected chi connectivity index (χ3v) is 17.1. The summed E-state index contributed by atoms with van der Waals surface area (Å²) in [7, 11) is -1.91. The molecule has 5 rings (SSSR count). The summed E-state index contributed by atoms with van der Waals surface area (Å²) in [6, 6.07) is 0. The molecule has 2 saturated carbocycles. The van der Waals surface area contributed by atoms with Crippen LogP contribution < -0.4 is 0 Å². The molecule has 3 aliphatic carbocycles. The highest BCUT2D eigenvalue weighted by molar-refractivity contribution is 6.74. The molecule has 7 nitrogen and oxygen atoms in total. The van der Waals surface area contributed by atoms with Crippen molar-refractivity contribution < 1.29 is 32.9 Å². The molecule has 0 amide bonds. The van der Waals surface area contributed by atoms with E-state index in [2.05, 4.69) is 46.0 Å². The van der Waals surface area contributed by atoms with E-state index in [4.69, 9.17) is 28.1 Å². The molecule has 7 atom stereocenters. The van der Waals surface area contributed by atoms with Crippen molar-refractivity contribution in [2.75, 3.05) is 26.4 Å². The number of rotatable bonds is 16. The van der Waals surface area contributed by atoms with Crippen molar-refractivity contribution in [3.05, 3.63) is 23.5 Å². The Morgan fingerprint density at radius 1 is 0.959 bits per heavy atom. The van der Waals surface area contributed by atoms with E-state index in [1.165, 1.54) is 45.4 Å². The van der Waals surface area contributed by atoms with Gasteiger partial charge in [0.05, 0.1) is 19.3 Å². The normalized spacial score (nSPS) is 30.9. The second kappa shape index (κ2) is 18.5. The van der Waals surface area contributed by atoms with E-state index in [-0.39, 0.29) is 35.6 Å². The number of esters is 1. The number of hydrogen-bond donors (Lipinski definition) is 0. The lowest BCUT2D eigenvalue weighted by Crippen LogP contribution is -2.42. The van der Waals surface area contributed by atoms with Crippen molar-refractivity contribution in [2.45, 2.75) is 174 Å². The minimum atomic E-state index is -1.91. The molecule has 49 heavy (non-hydrogen) atoms. The zero-order valence-electron chi connectivity index (χ0n) is 32.0. The van der Waals surface area contributed by atoms with Crippen LogP contribution in [-0.2, 0) is 32.9 Å². The molecular formula is C41H70O7Si. The molecule has 0 spiro atoms. The van der Waals surface area contributed by atoms with Crippen LogP contribution in [0.3, 0.4) is 0 Å². The predicted molar refractivity (Wildman–Crippen MR) is 197 cm³/mol. The van der Waals surface area contributed by atoms with Crippen molar-refractivity contribution in [3.63, 3.8) is 0 Å². The predicted octanol–water partition coefficient (Wildman–Crippen LogP) is 10.2. The second-order valence-electron chi connectivity index (χ2n) is 17.4. The van der Waals surface area contributed by atoms with E-state index in [0.717, 1.165) is 102 Å². The van der Waals surface area contributed by atoms with Gasteiger partial charge in [0.2, 0.25) is 0 Å². The number of fused-ring (bicyclic) bond motifs is 1. The Labute approximate surface area is 299 Å². The molecule has 2 saturated heterocycles. The maximum Gasteiger partial charge on any atom is 0.302 e. The van der Waals surface area contributed by atoms with Crippen LogP contribution in [0.4, 0.5) is 0 Å². The Morgan fingerprint density at radius 3 is 2.31 bits per heavy atom. The summed E-state index contributed by atoms with van der Waals surface area (Å²) in [6.45, 7) is 16.0. The molecule has 2 aliphatic heterocycles. The zero-order valence-corrected chi connectivity index (χ0v) is 33.0. The fraction of sp³-hybridized carbons (Fsp3) is 0.878. The van der Waals surface area contributed by atoms with Gasteiger partial charge in [-0.2, -0.15) is 0 Å².